The van der Waals surface area contributed by atoms with Crippen molar-refractivity contribution in [2.75, 3.05) is 6.54 Å². The summed E-state index contributed by atoms with van der Waals surface area (Å²) in [6, 6.07) is 8.14. The third-order valence-corrected chi connectivity index (χ3v) is 4.52. The van der Waals surface area contributed by atoms with Crippen LogP contribution in [0.2, 0.25) is 0 Å². The van der Waals surface area contributed by atoms with Gasteiger partial charge in [-0.25, -0.2) is 4.98 Å². The molecule has 0 saturated heterocycles. The third-order valence-electron chi connectivity index (χ3n) is 3.42. The van der Waals surface area contributed by atoms with Crippen LogP contribution >= 0.6 is 11.3 Å². The number of nitrogens with one attached hydrogen (secondary N) is 1. The normalized spacial score (nSPS) is 22.1. The number of aromatic nitrogens is 1. The van der Waals surface area contributed by atoms with Crippen molar-refractivity contribution in [1.82, 2.24) is 10.3 Å². The lowest BCUT2D eigenvalue weighted by Gasteiger charge is -2.01. The van der Waals surface area contributed by atoms with Crippen LogP contribution in [0.3, 0.4) is 0 Å². The number of carbonyl (C=O) groups is 1. The second-order valence-corrected chi connectivity index (χ2v) is 6.05. The van der Waals surface area contributed by atoms with E-state index in [1.807, 2.05) is 18.2 Å². The molecule has 1 aromatic heterocycles. The van der Waals surface area contributed by atoms with Crippen molar-refractivity contribution in [3.8, 4) is 0 Å². The molecule has 1 aliphatic rings. The molecule has 2 unspecified atom stereocenters. The standard InChI is InChI=1S/C14H16N2OS/c1-9-8-10(9)14(17)15-7-6-13-16-11-4-2-3-5-12(11)18-13/h2-5,9-10H,6-8H2,1H3,(H,15,17). The first-order valence-corrected chi connectivity index (χ1v) is 7.18. The van der Waals surface area contributed by atoms with Gasteiger partial charge in [0.15, 0.2) is 0 Å². The average Bonchev–Trinajstić information content (AvgIpc) is 2.95. The van der Waals surface area contributed by atoms with E-state index in [9.17, 15) is 4.79 Å². The van der Waals surface area contributed by atoms with E-state index >= 15 is 0 Å². The molecule has 1 saturated carbocycles. The van der Waals surface area contributed by atoms with Gasteiger partial charge in [0.25, 0.3) is 0 Å². The maximum atomic E-state index is 11.6. The fraction of sp³-hybridized carbons (Fsp3) is 0.429. The summed E-state index contributed by atoms with van der Waals surface area (Å²) in [5, 5.41) is 4.09. The molecule has 3 rings (SSSR count). The fourth-order valence-electron chi connectivity index (χ4n) is 2.14. The summed E-state index contributed by atoms with van der Waals surface area (Å²) >= 11 is 1.71. The highest BCUT2D eigenvalue weighted by atomic mass is 32.1. The van der Waals surface area contributed by atoms with Crippen molar-refractivity contribution in [3.05, 3.63) is 29.3 Å². The quantitative estimate of drug-likeness (QED) is 0.918. The number of hydrogen-bond acceptors (Lipinski definition) is 3. The van der Waals surface area contributed by atoms with Crippen molar-refractivity contribution in [1.29, 1.82) is 0 Å². The fourth-order valence-corrected chi connectivity index (χ4v) is 3.10. The summed E-state index contributed by atoms with van der Waals surface area (Å²) in [7, 11) is 0. The van der Waals surface area contributed by atoms with E-state index in [-0.39, 0.29) is 11.8 Å². The van der Waals surface area contributed by atoms with Gasteiger partial charge in [0.2, 0.25) is 5.91 Å². The van der Waals surface area contributed by atoms with Crippen LogP contribution < -0.4 is 5.32 Å². The van der Waals surface area contributed by atoms with Gasteiger partial charge in [0.1, 0.15) is 0 Å². The largest absolute Gasteiger partial charge is 0.355 e. The number of rotatable bonds is 4. The van der Waals surface area contributed by atoms with E-state index in [1.165, 1.54) is 4.70 Å². The molecule has 1 N–H and O–H groups in total. The van der Waals surface area contributed by atoms with Gasteiger partial charge in [-0.2, -0.15) is 0 Å². The van der Waals surface area contributed by atoms with Crippen molar-refractivity contribution < 1.29 is 4.79 Å². The molecule has 4 heteroatoms. The number of para-hydroxylation sites is 1. The van der Waals surface area contributed by atoms with Crippen LogP contribution in [0, 0.1) is 11.8 Å². The van der Waals surface area contributed by atoms with Gasteiger partial charge in [-0.15, -0.1) is 11.3 Å². The van der Waals surface area contributed by atoms with Gasteiger partial charge in [0, 0.05) is 18.9 Å². The van der Waals surface area contributed by atoms with E-state index in [2.05, 4.69) is 23.3 Å². The number of carbonyl (C=O) groups excluding carboxylic acids is 1. The van der Waals surface area contributed by atoms with Crippen LogP contribution in [0.4, 0.5) is 0 Å². The van der Waals surface area contributed by atoms with Gasteiger partial charge in [-0.1, -0.05) is 19.1 Å². The van der Waals surface area contributed by atoms with Crippen molar-refractivity contribution in [2.45, 2.75) is 19.8 Å². The number of nitrogens with zero attached hydrogens (tertiary/aromatic N) is 1. The Balaban J connectivity index is 1.55. The SMILES string of the molecule is CC1CC1C(=O)NCCc1nc2ccccc2s1. The summed E-state index contributed by atoms with van der Waals surface area (Å²) < 4.78 is 1.22. The molecule has 2 aromatic rings. The highest BCUT2D eigenvalue weighted by Gasteiger charge is 2.38. The zero-order chi connectivity index (χ0) is 12.5. The Morgan fingerprint density at radius 3 is 3.00 bits per heavy atom. The maximum Gasteiger partial charge on any atom is 0.223 e. The van der Waals surface area contributed by atoms with E-state index in [4.69, 9.17) is 0 Å². The summed E-state index contributed by atoms with van der Waals surface area (Å²) in [6.07, 6.45) is 1.87. The van der Waals surface area contributed by atoms with Crippen LogP contribution in [0.5, 0.6) is 0 Å². The second-order valence-electron chi connectivity index (χ2n) is 4.94. The molecule has 1 fully saturated rings. The minimum Gasteiger partial charge on any atom is -0.355 e. The number of fused-ring (bicyclic) bond motifs is 1. The molecule has 0 aliphatic heterocycles. The first-order chi connectivity index (χ1) is 8.74. The van der Waals surface area contributed by atoms with Crippen LogP contribution in [-0.2, 0) is 11.2 Å². The molecule has 1 aliphatic carbocycles. The molecular weight excluding hydrogens is 244 g/mol. The second kappa shape index (κ2) is 4.69. The summed E-state index contributed by atoms with van der Waals surface area (Å²) in [5.41, 5.74) is 1.06. The monoisotopic (exact) mass is 260 g/mol. The van der Waals surface area contributed by atoms with Crippen molar-refractivity contribution in [2.24, 2.45) is 11.8 Å². The number of thiazole rings is 1. The van der Waals surface area contributed by atoms with Gasteiger partial charge in [0.05, 0.1) is 15.2 Å². The number of amides is 1. The van der Waals surface area contributed by atoms with Crippen LogP contribution in [0.25, 0.3) is 10.2 Å². The van der Waals surface area contributed by atoms with Crippen molar-refractivity contribution >= 4 is 27.5 Å². The highest BCUT2D eigenvalue weighted by molar-refractivity contribution is 7.18. The minimum atomic E-state index is 0.212. The van der Waals surface area contributed by atoms with Gasteiger partial charge in [-0.05, 0) is 24.5 Å². The van der Waals surface area contributed by atoms with E-state index in [0.717, 1.165) is 23.4 Å². The first-order valence-electron chi connectivity index (χ1n) is 6.36. The van der Waals surface area contributed by atoms with Gasteiger partial charge >= 0.3 is 0 Å². The summed E-state index contributed by atoms with van der Waals surface area (Å²) in [6.45, 7) is 2.82. The molecule has 1 aromatic carbocycles. The Kier molecular flexibility index (Phi) is 3.04. The Bertz CT molecular complexity index is 545. The van der Waals surface area contributed by atoms with Crippen LogP contribution in [-0.4, -0.2) is 17.4 Å². The zero-order valence-electron chi connectivity index (χ0n) is 10.3. The molecule has 94 valence electrons. The zero-order valence-corrected chi connectivity index (χ0v) is 11.2. The van der Waals surface area contributed by atoms with E-state index < -0.39 is 0 Å². The Morgan fingerprint density at radius 1 is 1.50 bits per heavy atom. The first kappa shape index (κ1) is 11.7. The lowest BCUT2D eigenvalue weighted by atomic mass is 10.3. The Morgan fingerprint density at radius 2 is 2.28 bits per heavy atom. The number of benzene rings is 1. The lowest BCUT2D eigenvalue weighted by molar-refractivity contribution is -0.122. The van der Waals surface area contributed by atoms with Gasteiger partial charge < -0.3 is 5.32 Å². The summed E-state index contributed by atoms with van der Waals surface area (Å²) in [5.74, 6) is 1.05. The summed E-state index contributed by atoms with van der Waals surface area (Å²) in [4.78, 5) is 16.2. The van der Waals surface area contributed by atoms with Crippen molar-refractivity contribution in [3.63, 3.8) is 0 Å². The highest BCUT2D eigenvalue weighted by Crippen LogP contribution is 2.37. The van der Waals surface area contributed by atoms with Crippen LogP contribution in [0.15, 0.2) is 24.3 Å². The molecule has 3 nitrogen and oxygen atoms in total. The van der Waals surface area contributed by atoms with Gasteiger partial charge in [-0.3, -0.25) is 4.79 Å². The average molecular weight is 260 g/mol. The Hall–Kier alpha value is -1.42. The molecule has 1 heterocycles. The maximum absolute atomic E-state index is 11.6. The minimum absolute atomic E-state index is 0.212. The predicted octanol–water partition coefficient (Wildman–Crippen LogP) is 2.61. The van der Waals surface area contributed by atoms with Crippen LogP contribution in [0.1, 0.15) is 18.4 Å². The molecule has 0 radical (unpaired) electrons. The molecular formula is C14H16N2OS. The third kappa shape index (κ3) is 2.38. The van der Waals surface area contributed by atoms with E-state index in [1.54, 1.807) is 11.3 Å². The smallest absolute Gasteiger partial charge is 0.223 e. The lowest BCUT2D eigenvalue weighted by Crippen LogP contribution is -2.27. The predicted molar refractivity (Wildman–Crippen MR) is 73.6 cm³/mol. The van der Waals surface area contributed by atoms with E-state index in [0.29, 0.717) is 12.5 Å². The molecule has 2 atom stereocenters. The number of hydrogen-bond donors (Lipinski definition) is 1. The molecule has 1 amide bonds. The topological polar surface area (TPSA) is 42.0 Å². The molecule has 0 spiro atoms. The Labute approximate surface area is 110 Å². The molecule has 18 heavy (non-hydrogen) atoms. The molecule has 0 bridgehead atoms.